The van der Waals surface area contributed by atoms with E-state index in [0.717, 1.165) is 18.2 Å². The van der Waals surface area contributed by atoms with E-state index in [9.17, 15) is 35.9 Å². The van der Waals surface area contributed by atoms with Crippen LogP contribution in [0.25, 0.3) is 0 Å². The van der Waals surface area contributed by atoms with Gasteiger partial charge in [-0.05, 0) is 80.1 Å². The van der Waals surface area contributed by atoms with E-state index in [2.05, 4.69) is 0 Å². The first-order chi connectivity index (χ1) is 17.6. The molecule has 1 amide bonds. The maximum atomic E-state index is 13.6. The molecule has 0 saturated carbocycles. The fourth-order valence-corrected chi connectivity index (χ4v) is 4.97. The van der Waals surface area contributed by atoms with Gasteiger partial charge in [-0.2, -0.15) is 26.3 Å². The zero-order valence-electron chi connectivity index (χ0n) is 21.6. The third-order valence-corrected chi connectivity index (χ3v) is 6.96. The summed E-state index contributed by atoms with van der Waals surface area (Å²) in [5.74, 6) is -3.36. The number of ether oxygens (including phenoxy) is 2. The Kier molecular flexibility index (Phi) is 8.38. The van der Waals surface area contributed by atoms with Gasteiger partial charge >= 0.3 is 24.4 Å². The fraction of sp³-hybridized carbons (Fsp3) is 0.481. The summed E-state index contributed by atoms with van der Waals surface area (Å²) in [5, 5.41) is 0. The number of halogens is 6. The Morgan fingerprint density at radius 3 is 1.97 bits per heavy atom. The summed E-state index contributed by atoms with van der Waals surface area (Å²) in [6.07, 6.45) is -10.3. The lowest BCUT2D eigenvalue weighted by molar-refractivity contribution is -0.145. The minimum Gasteiger partial charge on any atom is -0.469 e. The number of hydrogen-bond donors (Lipinski definition) is 0. The average molecular weight is 546 g/mol. The molecule has 1 aliphatic heterocycles. The molecule has 0 bridgehead atoms. The van der Waals surface area contributed by atoms with Crippen molar-refractivity contribution in [2.45, 2.75) is 70.8 Å². The van der Waals surface area contributed by atoms with Gasteiger partial charge in [-0.15, -0.1) is 0 Å². The molecule has 0 aliphatic carbocycles. The standard InChI is InChI=1S/C27H29F6NO4/c1-6-19-13-21(20-8-14(3)15(4)9-22(20)34(19)25(36)38-7-2)23(24(35)37-5)16-10-17(26(28,29)30)12-18(11-16)27(31,32)33/h8-12,19,21,23H,6-7,13H2,1-5H3/t19-,21+,23?/m0/s1. The van der Waals surface area contributed by atoms with Gasteiger partial charge in [-0.1, -0.05) is 13.0 Å². The quantitative estimate of drug-likeness (QED) is 0.288. The Labute approximate surface area is 216 Å². The van der Waals surface area contributed by atoms with E-state index < -0.39 is 59.0 Å². The van der Waals surface area contributed by atoms with E-state index in [1.165, 1.54) is 4.90 Å². The monoisotopic (exact) mass is 545 g/mol. The highest BCUT2D eigenvalue weighted by Crippen LogP contribution is 2.49. The molecule has 38 heavy (non-hydrogen) atoms. The number of hydrogen-bond acceptors (Lipinski definition) is 4. The Bertz CT molecular complexity index is 1180. The molecule has 0 aromatic heterocycles. The van der Waals surface area contributed by atoms with Crippen molar-refractivity contribution in [2.75, 3.05) is 18.6 Å². The number of carbonyl (C=O) groups excluding carboxylic acids is 2. The van der Waals surface area contributed by atoms with Crippen LogP contribution in [0.3, 0.4) is 0 Å². The predicted molar refractivity (Wildman–Crippen MR) is 128 cm³/mol. The van der Waals surface area contributed by atoms with Gasteiger partial charge in [0.05, 0.1) is 36.4 Å². The second-order valence-corrected chi connectivity index (χ2v) is 9.31. The second-order valence-electron chi connectivity index (χ2n) is 9.31. The van der Waals surface area contributed by atoms with Crippen molar-refractivity contribution >= 4 is 17.7 Å². The van der Waals surface area contributed by atoms with Crippen LogP contribution < -0.4 is 4.90 Å². The third-order valence-electron chi connectivity index (χ3n) is 6.96. The molecule has 0 fully saturated rings. The lowest BCUT2D eigenvalue weighted by Gasteiger charge is -2.42. The van der Waals surface area contributed by atoms with Gasteiger partial charge in [0.1, 0.15) is 0 Å². The smallest absolute Gasteiger partial charge is 0.416 e. The van der Waals surface area contributed by atoms with Gasteiger partial charge in [-0.25, -0.2) is 4.79 Å². The second kappa shape index (κ2) is 10.9. The van der Waals surface area contributed by atoms with Crippen LogP contribution in [0.2, 0.25) is 0 Å². The first-order valence-electron chi connectivity index (χ1n) is 12.1. The molecule has 208 valence electrons. The van der Waals surface area contributed by atoms with Gasteiger partial charge < -0.3 is 9.47 Å². The lowest BCUT2D eigenvalue weighted by Crippen LogP contribution is -2.46. The van der Waals surface area contributed by atoms with E-state index in [1.54, 1.807) is 32.9 Å². The van der Waals surface area contributed by atoms with Gasteiger partial charge in [0.25, 0.3) is 0 Å². The van der Waals surface area contributed by atoms with Gasteiger partial charge in [-0.3, -0.25) is 9.69 Å². The van der Waals surface area contributed by atoms with Gasteiger partial charge in [0.15, 0.2) is 0 Å². The minimum atomic E-state index is -5.08. The number of alkyl halides is 6. The van der Waals surface area contributed by atoms with Crippen molar-refractivity contribution in [1.82, 2.24) is 0 Å². The highest BCUT2D eigenvalue weighted by atomic mass is 19.4. The highest BCUT2D eigenvalue weighted by molar-refractivity contribution is 5.91. The lowest BCUT2D eigenvalue weighted by atomic mass is 9.73. The number of carbonyl (C=O) groups is 2. The van der Waals surface area contributed by atoms with Crippen molar-refractivity contribution < 1.29 is 45.4 Å². The summed E-state index contributed by atoms with van der Waals surface area (Å²) in [7, 11) is 1.03. The first kappa shape index (κ1) is 29.3. The number of esters is 1. The van der Waals surface area contributed by atoms with Gasteiger partial charge in [0, 0.05) is 12.0 Å². The van der Waals surface area contributed by atoms with Gasteiger partial charge in [0.2, 0.25) is 0 Å². The number of anilines is 1. The topological polar surface area (TPSA) is 55.8 Å². The fourth-order valence-electron chi connectivity index (χ4n) is 4.97. The van der Waals surface area contributed by atoms with Crippen LogP contribution in [0.4, 0.5) is 36.8 Å². The van der Waals surface area contributed by atoms with Crippen LogP contribution in [0.15, 0.2) is 30.3 Å². The Morgan fingerprint density at radius 2 is 1.50 bits per heavy atom. The van der Waals surface area contributed by atoms with E-state index in [-0.39, 0.29) is 19.1 Å². The molecule has 0 N–H and O–H groups in total. The summed E-state index contributed by atoms with van der Waals surface area (Å²) in [4.78, 5) is 27.5. The van der Waals surface area contributed by atoms with Crippen molar-refractivity contribution in [3.63, 3.8) is 0 Å². The molecule has 1 unspecified atom stereocenters. The SMILES string of the molecule is CCOC(=O)N1c2cc(C)c(C)cc2[C@H](C(C(=O)OC)c2cc(C(F)(F)F)cc(C(F)(F)F)c2)C[C@@H]1CC. The van der Waals surface area contributed by atoms with E-state index in [0.29, 0.717) is 29.8 Å². The molecular formula is C27H29F6NO4. The summed E-state index contributed by atoms with van der Waals surface area (Å²) in [5.41, 5.74) is -1.09. The predicted octanol–water partition coefficient (Wildman–Crippen LogP) is 7.53. The highest BCUT2D eigenvalue weighted by Gasteiger charge is 2.45. The summed E-state index contributed by atoms with van der Waals surface area (Å²) in [6.45, 7) is 7.13. The average Bonchev–Trinajstić information content (AvgIpc) is 2.83. The first-order valence-corrected chi connectivity index (χ1v) is 12.1. The molecule has 1 heterocycles. The number of aryl methyl sites for hydroxylation is 2. The number of methoxy groups -OCH3 is 1. The molecule has 2 aromatic carbocycles. The Hall–Kier alpha value is -3.24. The maximum Gasteiger partial charge on any atom is 0.416 e. The molecule has 0 spiro atoms. The molecule has 0 saturated heterocycles. The zero-order chi connectivity index (χ0) is 28.6. The molecule has 11 heteroatoms. The van der Waals surface area contributed by atoms with Crippen LogP contribution >= 0.6 is 0 Å². The van der Waals surface area contributed by atoms with E-state index >= 15 is 0 Å². The van der Waals surface area contributed by atoms with Crippen LogP contribution in [0.1, 0.15) is 71.9 Å². The molecule has 3 atom stereocenters. The third kappa shape index (κ3) is 5.76. The molecule has 0 radical (unpaired) electrons. The van der Waals surface area contributed by atoms with Crippen LogP contribution in [0.5, 0.6) is 0 Å². The molecule has 5 nitrogen and oxygen atoms in total. The van der Waals surface area contributed by atoms with E-state index in [4.69, 9.17) is 9.47 Å². The van der Waals surface area contributed by atoms with Crippen LogP contribution in [-0.4, -0.2) is 31.8 Å². The summed E-state index contributed by atoms with van der Waals surface area (Å²) in [6, 6.07) is 4.05. The maximum absolute atomic E-state index is 13.6. The largest absolute Gasteiger partial charge is 0.469 e. The summed E-state index contributed by atoms with van der Waals surface area (Å²) < 4.78 is 92.0. The molecule has 2 aromatic rings. The van der Waals surface area contributed by atoms with Crippen molar-refractivity contribution in [3.8, 4) is 0 Å². The molecular weight excluding hydrogens is 516 g/mol. The normalized spacial score (nSPS) is 18.6. The molecule has 3 rings (SSSR count). The van der Waals surface area contributed by atoms with Crippen LogP contribution in [-0.2, 0) is 26.6 Å². The number of benzene rings is 2. The molecule has 1 aliphatic rings. The Morgan fingerprint density at radius 1 is 0.947 bits per heavy atom. The minimum absolute atomic E-state index is 0.0253. The van der Waals surface area contributed by atoms with E-state index in [1.807, 2.05) is 6.92 Å². The number of fused-ring (bicyclic) bond motifs is 1. The Balaban J connectivity index is 2.32. The van der Waals surface area contributed by atoms with Crippen LogP contribution in [0, 0.1) is 13.8 Å². The number of nitrogens with zero attached hydrogens (tertiary/aromatic N) is 1. The summed E-state index contributed by atoms with van der Waals surface area (Å²) >= 11 is 0. The van der Waals surface area contributed by atoms with Crippen molar-refractivity contribution in [2.24, 2.45) is 0 Å². The zero-order valence-corrected chi connectivity index (χ0v) is 21.6. The van der Waals surface area contributed by atoms with Crippen molar-refractivity contribution in [1.29, 1.82) is 0 Å². The van der Waals surface area contributed by atoms with Crippen molar-refractivity contribution in [3.05, 3.63) is 63.7 Å². The number of rotatable bonds is 5. The number of amides is 1.